The average Bonchev–Trinajstić information content (AvgIpc) is 2.38. The summed E-state index contributed by atoms with van der Waals surface area (Å²) in [6.07, 6.45) is -0.477. The van der Waals surface area contributed by atoms with E-state index < -0.39 is 11.9 Å². The van der Waals surface area contributed by atoms with Crippen molar-refractivity contribution in [3.8, 4) is 23.0 Å². The van der Waals surface area contributed by atoms with Gasteiger partial charge in [-0.1, -0.05) is 17.9 Å². The minimum absolute atomic E-state index is 0.0159. The van der Waals surface area contributed by atoms with Crippen molar-refractivity contribution in [2.24, 2.45) is 0 Å². The number of fused-ring (bicyclic) bond motifs is 1. The Kier molecular flexibility index (Phi) is 2.75. The van der Waals surface area contributed by atoms with Crippen LogP contribution in [0.1, 0.15) is 28.4 Å². The molecule has 20 heavy (non-hydrogen) atoms. The molecule has 0 fully saturated rings. The summed E-state index contributed by atoms with van der Waals surface area (Å²) in [7, 11) is 0. The van der Waals surface area contributed by atoms with Gasteiger partial charge in [0, 0.05) is 6.07 Å². The van der Waals surface area contributed by atoms with Crippen molar-refractivity contribution in [2.75, 3.05) is 0 Å². The zero-order chi connectivity index (χ0) is 14.3. The molecule has 5 heteroatoms. The second kappa shape index (κ2) is 4.45. The van der Waals surface area contributed by atoms with Crippen molar-refractivity contribution >= 4 is 5.78 Å². The number of rotatable bonds is 1. The van der Waals surface area contributed by atoms with Crippen LogP contribution in [0, 0.1) is 0 Å². The first-order valence-electron chi connectivity index (χ1n) is 6.07. The van der Waals surface area contributed by atoms with Gasteiger partial charge in [0.1, 0.15) is 23.4 Å². The number of hydrogen-bond donors (Lipinski definition) is 2. The van der Waals surface area contributed by atoms with Crippen LogP contribution in [0.3, 0.4) is 0 Å². The summed E-state index contributed by atoms with van der Waals surface area (Å²) >= 11 is 0. The number of benzene rings is 2. The van der Waals surface area contributed by atoms with Crippen LogP contribution in [-0.4, -0.2) is 16.0 Å². The van der Waals surface area contributed by atoms with Crippen LogP contribution >= 0.6 is 0 Å². The van der Waals surface area contributed by atoms with Gasteiger partial charge in [-0.25, -0.2) is 0 Å². The first-order chi connectivity index (χ1) is 9.54. The summed E-state index contributed by atoms with van der Waals surface area (Å²) in [5, 5.41) is 30.4. The van der Waals surface area contributed by atoms with Crippen molar-refractivity contribution in [2.45, 2.75) is 12.5 Å². The molecule has 2 N–H and O–H groups in total. The van der Waals surface area contributed by atoms with E-state index in [1.54, 1.807) is 12.1 Å². The van der Waals surface area contributed by atoms with Crippen molar-refractivity contribution in [1.82, 2.24) is 0 Å². The molecule has 0 spiro atoms. The molecule has 0 saturated carbocycles. The molecule has 5 nitrogen and oxygen atoms in total. The Hall–Kier alpha value is -2.69. The summed E-state index contributed by atoms with van der Waals surface area (Å²) in [6.45, 7) is 0. The summed E-state index contributed by atoms with van der Waals surface area (Å²) in [4.78, 5) is 12.1. The van der Waals surface area contributed by atoms with Gasteiger partial charge in [0.25, 0.3) is 0 Å². The molecule has 0 aromatic heterocycles. The number of hydrogen-bond acceptors (Lipinski definition) is 5. The van der Waals surface area contributed by atoms with Gasteiger partial charge >= 0.3 is 0 Å². The maximum Gasteiger partial charge on any atom is 0.170 e. The van der Waals surface area contributed by atoms with Crippen LogP contribution in [0.2, 0.25) is 0 Å². The Morgan fingerprint density at radius 2 is 1.80 bits per heavy atom. The topological polar surface area (TPSA) is 89.8 Å². The zero-order valence-corrected chi connectivity index (χ0v) is 10.4. The van der Waals surface area contributed by atoms with Gasteiger partial charge < -0.3 is 20.1 Å². The van der Waals surface area contributed by atoms with E-state index in [0.29, 0.717) is 0 Å². The molecule has 0 bridgehead atoms. The van der Waals surface area contributed by atoms with Gasteiger partial charge in [0.15, 0.2) is 5.78 Å². The van der Waals surface area contributed by atoms with Crippen LogP contribution in [0.15, 0.2) is 36.4 Å². The largest absolute Gasteiger partial charge is 0.872 e. The van der Waals surface area contributed by atoms with Crippen LogP contribution in [0.25, 0.3) is 0 Å². The number of phenols is 2. The van der Waals surface area contributed by atoms with Crippen LogP contribution in [0.4, 0.5) is 0 Å². The molecule has 2 aromatic rings. The Morgan fingerprint density at radius 3 is 2.50 bits per heavy atom. The number of carbonyl (C=O) groups is 1. The van der Waals surface area contributed by atoms with Crippen molar-refractivity contribution in [3.05, 3.63) is 47.5 Å². The van der Waals surface area contributed by atoms with Crippen LogP contribution in [0.5, 0.6) is 23.0 Å². The molecule has 1 heterocycles. The highest BCUT2D eigenvalue weighted by molar-refractivity contribution is 6.02. The number of carbonyl (C=O) groups excluding carboxylic acids is 1. The molecule has 1 aliphatic rings. The maximum atomic E-state index is 12.1. The molecular formula is C15H11O5-. The van der Waals surface area contributed by atoms with E-state index in [2.05, 4.69) is 0 Å². The third kappa shape index (κ3) is 2.03. The highest BCUT2D eigenvalue weighted by Gasteiger charge is 2.28. The first-order valence-corrected chi connectivity index (χ1v) is 6.07. The summed E-state index contributed by atoms with van der Waals surface area (Å²) < 4.78 is 5.63. The molecular weight excluding hydrogens is 260 g/mol. The third-order valence-electron chi connectivity index (χ3n) is 3.23. The van der Waals surface area contributed by atoms with E-state index in [9.17, 15) is 20.1 Å². The van der Waals surface area contributed by atoms with Gasteiger partial charge in [-0.15, -0.1) is 0 Å². The first kappa shape index (κ1) is 12.3. The number of ketones is 1. The lowest BCUT2D eigenvalue weighted by Gasteiger charge is -2.28. The molecule has 1 atom stereocenters. The van der Waals surface area contributed by atoms with E-state index in [-0.39, 0.29) is 35.0 Å². The highest BCUT2D eigenvalue weighted by Crippen LogP contribution is 2.40. The maximum absolute atomic E-state index is 12.1. The quantitative estimate of drug-likeness (QED) is 0.826. The van der Waals surface area contributed by atoms with Gasteiger partial charge in [-0.05, 0) is 23.8 Å². The minimum atomic E-state index is -0.533. The lowest BCUT2D eigenvalue weighted by molar-refractivity contribution is -0.269. The Balaban J connectivity index is 2.00. The second-order valence-corrected chi connectivity index (χ2v) is 4.64. The molecule has 0 aliphatic carbocycles. The number of phenolic OH excluding ortho intramolecular Hbond substituents is 2. The van der Waals surface area contributed by atoms with E-state index >= 15 is 0 Å². The fourth-order valence-corrected chi connectivity index (χ4v) is 2.28. The lowest BCUT2D eigenvalue weighted by Crippen LogP contribution is -2.21. The smallest absolute Gasteiger partial charge is 0.170 e. The van der Waals surface area contributed by atoms with Crippen molar-refractivity contribution in [1.29, 1.82) is 0 Å². The molecule has 0 amide bonds. The van der Waals surface area contributed by atoms with Gasteiger partial charge in [0.2, 0.25) is 0 Å². The Labute approximate surface area is 114 Å². The summed E-state index contributed by atoms with van der Waals surface area (Å²) in [6, 6.07) is 8.57. The summed E-state index contributed by atoms with van der Waals surface area (Å²) in [5.41, 5.74) is 0.704. The van der Waals surface area contributed by atoms with E-state index in [1.165, 1.54) is 18.2 Å². The van der Waals surface area contributed by atoms with E-state index in [0.717, 1.165) is 11.6 Å². The highest BCUT2D eigenvalue weighted by atomic mass is 16.5. The minimum Gasteiger partial charge on any atom is -0.872 e. The summed E-state index contributed by atoms with van der Waals surface area (Å²) in [5.74, 6) is -0.850. The monoisotopic (exact) mass is 271 g/mol. The van der Waals surface area contributed by atoms with Gasteiger partial charge in [-0.2, -0.15) is 0 Å². The normalized spacial score (nSPS) is 17.4. The zero-order valence-electron chi connectivity index (χ0n) is 10.4. The molecule has 0 radical (unpaired) electrons. The Morgan fingerprint density at radius 1 is 1.10 bits per heavy atom. The van der Waals surface area contributed by atoms with Crippen LogP contribution in [-0.2, 0) is 0 Å². The van der Waals surface area contributed by atoms with E-state index in [4.69, 9.17) is 4.74 Å². The molecule has 1 aliphatic heterocycles. The standard InChI is InChI=1S/C15H12O5/c16-9-3-1-8(2-4-9)13-7-12(19)15-11(18)5-10(17)6-14(15)20-13/h1-6,13,16-18H,7H2/p-1/t13-/m0/s1. The lowest BCUT2D eigenvalue weighted by atomic mass is 9.95. The predicted octanol–water partition coefficient (Wildman–Crippen LogP) is 1.88. The molecule has 2 aromatic carbocycles. The average molecular weight is 271 g/mol. The van der Waals surface area contributed by atoms with Gasteiger partial charge in [-0.3, -0.25) is 4.79 Å². The number of Topliss-reactive ketones (excluding diaryl/α,β-unsaturated/α-hetero) is 1. The van der Waals surface area contributed by atoms with Crippen LogP contribution < -0.4 is 9.84 Å². The molecule has 0 saturated heterocycles. The van der Waals surface area contributed by atoms with Crippen molar-refractivity contribution in [3.63, 3.8) is 0 Å². The fraction of sp³-hybridized carbons (Fsp3) is 0.133. The van der Waals surface area contributed by atoms with E-state index in [1.807, 2.05) is 0 Å². The number of aromatic hydroxyl groups is 2. The van der Waals surface area contributed by atoms with Gasteiger partial charge in [0.05, 0.1) is 12.0 Å². The van der Waals surface area contributed by atoms with Crippen molar-refractivity contribution < 1.29 is 24.9 Å². The second-order valence-electron chi connectivity index (χ2n) is 4.64. The number of ether oxygens (including phenoxy) is 1. The molecule has 3 rings (SSSR count). The Bertz CT molecular complexity index is 675. The predicted molar refractivity (Wildman–Crippen MR) is 68.0 cm³/mol. The molecule has 102 valence electrons. The molecule has 0 unspecified atom stereocenters. The SMILES string of the molecule is O=C1C[C@@H](c2ccc(O)cc2)Oc2cc(O)cc([O-])c21. The third-order valence-corrected chi connectivity index (χ3v) is 3.23. The fourth-order valence-electron chi connectivity index (χ4n) is 2.28.